The summed E-state index contributed by atoms with van der Waals surface area (Å²) >= 11 is 0. The van der Waals surface area contributed by atoms with Gasteiger partial charge in [-0.1, -0.05) is 0 Å². The Balaban J connectivity index is 2.01. The maximum Gasteiger partial charge on any atom is 0.238 e. The Labute approximate surface area is 105 Å². The zero-order valence-corrected chi connectivity index (χ0v) is 10.6. The molecule has 0 bridgehead atoms. The van der Waals surface area contributed by atoms with Gasteiger partial charge < -0.3 is 11.1 Å². The van der Waals surface area contributed by atoms with Gasteiger partial charge in [0.1, 0.15) is 5.82 Å². The van der Waals surface area contributed by atoms with E-state index in [1.165, 1.54) is 12.1 Å². The first-order valence-electron chi connectivity index (χ1n) is 5.68. The average molecular weight is 273 g/mol. The Bertz CT molecular complexity index is 541. The highest BCUT2D eigenvalue weighted by Crippen LogP contribution is 2.26. The number of rotatable bonds is 4. The standard InChI is InChI=1S/C11H16FN3O2S/c12-10-5-9(18(14,16)17)1-2-11(10)15-6-7-3-8(13)4-7/h1-2,5,7-8,15H,3-4,6,13H2,(H2,14,16,17). The summed E-state index contributed by atoms with van der Waals surface area (Å²) in [6.45, 7) is 0.638. The summed E-state index contributed by atoms with van der Waals surface area (Å²) in [4.78, 5) is -0.226. The average Bonchev–Trinajstić information content (AvgIpc) is 2.22. The predicted molar refractivity (Wildman–Crippen MR) is 67.0 cm³/mol. The minimum Gasteiger partial charge on any atom is -0.382 e. The van der Waals surface area contributed by atoms with Gasteiger partial charge in [-0.3, -0.25) is 0 Å². The topological polar surface area (TPSA) is 98.2 Å². The molecule has 1 aromatic carbocycles. The minimum absolute atomic E-state index is 0.226. The minimum atomic E-state index is -3.86. The molecule has 0 saturated heterocycles. The number of anilines is 1. The quantitative estimate of drug-likeness (QED) is 0.749. The molecule has 0 amide bonds. The molecule has 1 aliphatic carbocycles. The molecule has 5 nitrogen and oxygen atoms in total. The van der Waals surface area contributed by atoms with Crippen LogP contribution in [0, 0.1) is 11.7 Å². The van der Waals surface area contributed by atoms with Crippen LogP contribution in [-0.2, 0) is 10.0 Å². The number of benzene rings is 1. The van der Waals surface area contributed by atoms with Crippen LogP contribution in [0.25, 0.3) is 0 Å². The molecule has 0 aromatic heterocycles. The van der Waals surface area contributed by atoms with Crippen LogP contribution in [0.5, 0.6) is 0 Å². The molecule has 5 N–H and O–H groups in total. The van der Waals surface area contributed by atoms with E-state index in [0.29, 0.717) is 12.5 Å². The molecular formula is C11H16FN3O2S. The Morgan fingerprint density at radius 2 is 2.06 bits per heavy atom. The van der Waals surface area contributed by atoms with Gasteiger partial charge >= 0.3 is 0 Å². The molecular weight excluding hydrogens is 257 g/mol. The number of nitrogens with one attached hydrogen (secondary N) is 1. The second-order valence-electron chi connectivity index (χ2n) is 4.67. The molecule has 1 aliphatic rings. The molecule has 2 rings (SSSR count). The van der Waals surface area contributed by atoms with Gasteiger partial charge in [-0.25, -0.2) is 17.9 Å². The lowest BCUT2D eigenvalue weighted by atomic mass is 9.81. The van der Waals surface area contributed by atoms with Crippen molar-refractivity contribution < 1.29 is 12.8 Å². The van der Waals surface area contributed by atoms with E-state index in [0.717, 1.165) is 18.9 Å². The van der Waals surface area contributed by atoms with Crippen LogP contribution in [0.2, 0.25) is 0 Å². The van der Waals surface area contributed by atoms with Crippen LogP contribution in [0.1, 0.15) is 12.8 Å². The molecule has 7 heteroatoms. The first-order chi connectivity index (χ1) is 8.36. The lowest BCUT2D eigenvalue weighted by Crippen LogP contribution is -2.39. The summed E-state index contributed by atoms with van der Waals surface area (Å²) in [6, 6.07) is 3.84. The van der Waals surface area contributed by atoms with Gasteiger partial charge in [-0.15, -0.1) is 0 Å². The van der Waals surface area contributed by atoms with Crippen LogP contribution in [0.4, 0.5) is 10.1 Å². The fourth-order valence-corrected chi connectivity index (χ4v) is 2.55. The van der Waals surface area contributed by atoms with Crippen molar-refractivity contribution in [1.82, 2.24) is 0 Å². The summed E-state index contributed by atoms with van der Waals surface area (Å²) in [6.07, 6.45) is 1.87. The molecule has 1 aromatic rings. The molecule has 0 atom stereocenters. The Morgan fingerprint density at radius 1 is 1.39 bits per heavy atom. The van der Waals surface area contributed by atoms with E-state index in [2.05, 4.69) is 5.32 Å². The smallest absolute Gasteiger partial charge is 0.238 e. The maximum absolute atomic E-state index is 13.6. The predicted octanol–water partition coefficient (Wildman–Crippen LogP) is 0.622. The van der Waals surface area contributed by atoms with Crippen LogP contribution in [0.3, 0.4) is 0 Å². The number of nitrogens with two attached hydrogens (primary N) is 2. The van der Waals surface area contributed by atoms with E-state index in [1.54, 1.807) is 0 Å². The number of primary sulfonamides is 1. The molecule has 0 aliphatic heterocycles. The Hall–Kier alpha value is -1.18. The first-order valence-corrected chi connectivity index (χ1v) is 7.22. The van der Waals surface area contributed by atoms with Gasteiger partial charge in [-0.2, -0.15) is 0 Å². The SMILES string of the molecule is NC1CC(CNc2ccc(S(N)(=O)=O)cc2F)C1. The molecule has 100 valence electrons. The summed E-state index contributed by atoms with van der Waals surface area (Å²) < 4.78 is 35.7. The molecule has 1 fully saturated rings. The molecule has 0 spiro atoms. The second kappa shape index (κ2) is 4.83. The van der Waals surface area contributed by atoms with Gasteiger partial charge in [0.15, 0.2) is 0 Å². The highest BCUT2D eigenvalue weighted by molar-refractivity contribution is 7.89. The largest absolute Gasteiger partial charge is 0.382 e. The van der Waals surface area contributed by atoms with Crippen LogP contribution in [0.15, 0.2) is 23.1 Å². The summed E-state index contributed by atoms with van der Waals surface area (Å²) in [7, 11) is -3.86. The third-order valence-corrected chi connectivity index (χ3v) is 4.03. The monoisotopic (exact) mass is 273 g/mol. The lowest BCUT2D eigenvalue weighted by Gasteiger charge is -2.32. The molecule has 0 unspecified atom stereocenters. The van der Waals surface area contributed by atoms with E-state index in [-0.39, 0.29) is 16.6 Å². The Kier molecular flexibility index (Phi) is 3.56. The van der Waals surface area contributed by atoms with Crippen LogP contribution < -0.4 is 16.2 Å². The van der Waals surface area contributed by atoms with E-state index in [1.807, 2.05) is 0 Å². The number of sulfonamides is 1. The zero-order chi connectivity index (χ0) is 13.3. The van der Waals surface area contributed by atoms with Gasteiger partial charge in [-0.05, 0) is 37.0 Å². The zero-order valence-electron chi connectivity index (χ0n) is 9.77. The van der Waals surface area contributed by atoms with Crippen LogP contribution >= 0.6 is 0 Å². The fraction of sp³-hybridized carbons (Fsp3) is 0.455. The van der Waals surface area contributed by atoms with Gasteiger partial charge in [0, 0.05) is 12.6 Å². The van der Waals surface area contributed by atoms with E-state index >= 15 is 0 Å². The van der Waals surface area contributed by atoms with Crippen LogP contribution in [-0.4, -0.2) is 21.0 Å². The number of hydrogen-bond acceptors (Lipinski definition) is 4. The van der Waals surface area contributed by atoms with Gasteiger partial charge in [0.2, 0.25) is 10.0 Å². The molecule has 0 heterocycles. The third-order valence-electron chi connectivity index (χ3n) is 3.12. The van der Waals surface area contributed by atoms with Crippen molar-refractivity contribution in [2.75, 3.05) is 11.9 Å². The van der Waals surface area contributed by atoms with Crippen molar-refractivity contribution in [2.45, 2.75) is 23.8 Å². The fourth-order valence-electron chi connectivity index (χ4n) is 2.02. The van der Waals surface area contributed by atoms with Crippen molar-refractivity contribution in [1.29, 1.82) is 0 Å². The number of halogens is 1. The summed E-state index contributed by atoms with van der Waals surface area (Å²) in [5.74, 6) is -0.164. The van der Waals surface area contributed by atoms with Crippen molar-refractivity contribution in [3.8, 4) is 0 Å². The normalized spacial score (nSPS) is 23.5. The summed E-state index contributed by atoms with van der Waals surface area (Å²) in [5.41, 5.74) is 5.93. The van der Waals surface area contributed by atoms with Crippen molar-refractivity contribution >= 4 is 15.7 Å². The highest BCUT2D eigenvalue weighted by Gasteiger charge is 2.25. The molecule has 18 heavy (non-hydrogen) atoms. The first kappa shape index (κ1) is 13.3. The molecule has 1 saturated carbocycles. The van der Waals surface area contributed by atoms with Crippen molar-refractivity contribution in [2.24, 2.45) is 16.8 Å². The Morgan fingerprint density at radius 3 is 2.56 bits per heavy atom. The van der Waals surface area contributed by atoms with E-state index in [9.17, 15) is 12.8 Å². The number of hydrogen-bond donors (Lipinski definition) is 3. The van der Waals surface area contributed by atoms with Crippen molar-refractivity contribution in [3.05, 3.63) is 24.0 Å². The second-order valence-corrected chi connectivity index (χ2v) is 6.23. The van der Waals surface area contributed by atoms with Crippen molar-refractivity contribution in [3.63, 3.8) is 0 Å². The highest BCUT2D eigenvalue weighted by atomic mass is 32.2. The van der Waals surface area contributed by atoms with E-state index in [4.69, 9.17) is 10.9 Å². The third kappa shape index (κ3) is 2.98. The maximum atomic E-state index is 13.6. The van der Waals surface area contributed by atoms with E-state index < -0.39 is 15.8 Å². The lowest BCUT2D eigenvalue weighted by molar-refractivity contribution is 0.280. The van der Waals surface area contributed by atoms with Gasteiger partial charge in [0.25, 0.3) is 0 Å². The van der Waals surface area contributed by atoms with Gasteiger partial charge in [0.05, 0.1) is 10.6 Å². The summed E-state index contributed by atoms with van der Waals surface area (Å²) in [5, 5.41) is 7.86. The molecule has 0 radical (unpaired) electrons.